The molecule has 1 aromatic rings. The van der Waals surface area contributed by atoms with Gasteiger partial charge in [-0.1, -0.05) is 13.8 Å². The highest BCUT2D eigenvalue weighted by Gasteiger charge is 2.19. The molecule has 0 aliphatic rings. The molecule has 2 N–H and O–H groups in total. The first-order valence-corrected chi connectivity index (χ1v) is 6.40. The third-order valence-corrected chi connectivity index (χ3v) is 2.78. The van der Waals surface area contributed by atoms with Gasteiger partial charge in [-0.05, 0) is 28.3 Å². The van der Waals surface area contributed by atoms with E-state index < -0.39 is 4.92 Å². The highest BCUT2D eigenvalue weighted by Crippen LogP contribution is 2.26. The van der Waals surface area contributed by atoms with Gasteiger partial charge in [0, 0.05) is 16.7 Å². The molecule has 0 bridgehead atoms. The Morgan fingerprint density at radius 1 is 1.61 bits per heavy atom. The maximum atomic E-state index is 10.9. The van der Waals surface area contributed by atoms with Crippen LogP contribution in [0.3, 0.4) is 0 Å². The third kappa shape index (κ3) is 4.23. The Balaban J connectivity index is 2.91. The summed E-state index contributed by atoms with van der Waals surface area (Å²) in [5.41, 5.74) is -0.105. The van der Waals surface area contributed by atoms with Gasteiger partial charge in [-0.2, -0.15) is 0 Å². The zero-order valence-corrected chi connectivity index (χ0v) is 11.8. The molecule has 1 unspecified atom stereocenters. The topological polar surface area (TPSA) is 88.3 Å². The summed E-state index contributed by atoms with van der Waals surface area (Å²) in [6, 6.07) is 1.15. The lowest BCUT2D eigenvalue weighted by Gasteiger charge is -2.18. The molecule has 0 spiro atoms. The number of halogens is 1. The van der Waals surface area contributed by atoms with Crippen molar-refractivity contribution in [2.45, 2.75) is 26.3 Å². The van der Waals surface area contributed by atoms with Gasteiger partial charge < -0.3 is 10.4 Å². The lowest BCUT2D eigenvalue weighted by molar-refractivity contribution is -0.384. The van der Waals surface area contributed by atoms with Gasteiger partial charge in [0.1, 0.15) is 0 Å². The van der Waals surface area contributed by atoms with Crippen molar-refractivity contribution in [2.24, 2.45) is 5.92 Å². The lowest BCUT2D eigenvalue weighted by atomic mass is 10.0. The molecule has 1 atom stereocenters. The van der Waals surface area contributed by atoms with Crippen molar-refractivity contribution in [3.05, 3.63) is 26.9 Å². The van der Waals surface area contributed by atoms with Crippen molar-refractivity contribution in [3.63, 3.8) is 0 Å². The second-order valence-corrected chi connectivity index (χ2v) is 5.35. The number of aliphatic hydroxyl groups excluding tert-OH is 1. The van der Waals surface area contributed by atoms with Crippen molar-refractivity contribution in [2.75, 3.05) is 11.9 Å². The summed E-state index contributed by atoms with van der Waals surface area (Å²) in [5, 5.41) is 23.1. The van der Waals surface area contributed by atoms with Gasteiger partial charge in [0.15, 0.2) is 0 Å². The van der Waals surface area contributed by atoms with E-state index in [1.54, 1.807) is 0 Å². The second-order valence-electron chi connectivity index (χ2n) is 4.43. The number of nitrogens with zero attached hydrogens (tertiary/aromatic N) is 2. The van der Waals surface area contributed by atoms with Crippen LogP contribution in [0.4, 0.5) is 11.5 Å². The normalized spacial score (nSPS) is 12.5. The molecule has 6 nitrogen and oxygen atoms in total. The van der Waals surface area contributed by atoms with Crippen molar-refractivity contribution in [1.29, 1.82) is 0 Å². The van der Waals surface area contributed by atoms with Crippen LogP contribution in [0.1, 0.15) is 20.3 Å². The Labute approximate surface area is 114 Å². The van der Waals surface area contributed by atoms with E-state index in [0.717, 1.165) is 0 Å². The summed E-state index contributed by atoms with van der Waals surface area (Å²) >= 11 is 3.14. The van der Waals surface area contributed by atoms with E-state index >= 15 is 0 Å². The average molecular weight is 318 g/mol. The Hall–Kier alpha value is -1.21. The van der Waals surface area contributed by atoms with Gasteiger partial charge in [-0.3, -0.25) is 10.1 Å². The van der Waals surface area contributed by atoms with E-state index in [4.69, 9.17) is 0 Å². The minimum absolute atomic E-state index is 0.0902. The molecule has 0 saturated heterocycles. The van der Waals surface area contributed by atoms with Crippen LogP contribution in [0, 0.1) is 16.0 Å². The van der Waals surface area contributed by atoms with Gasteiger partial charge >= 0.3 is 5.69 Å². The molecule has 0 aromatic carbocycles. The third-order valence-electron chi connectivity index (χ3n) is 2.35. The van der Waals surface area contributed by atoms with Crippen LogP contribution >= 0.6 is 15.9 Å². The van der Waals surface area contributed by atoms with Crippen molar-refractivity contribution >= 4 is 27.4 Å². The van der Waals surface area contributed by atoms with E-state index in [1.165, 1.54) is 12.3 Å². The molecule has 0 saturated carbocycles. The SMILES string of the molecule is CC(C)CC(CO)Nc1ncc(Br)cc1[N+](=O)[O-]. The number of hydrogen-bond acceptors (Lipinski definition) is 5. The number of nitro groups is 1. The van der Waals surface area contributed by atoms with E-state index in [-0.39, 0.29) is 24.2 Å². The molecule has 1 aromatic heterocycles. The van der Waals surface area contributed by atoms with E-state index in [0.29, 0.717) is 16.8 Å². The molecule has 0 aliphatic carbocycles. The number of nitrogens with one attached hydrogen (secondary N) is 1. The summed E-state index contributed by atoms with van der Waals surface area (Å²) in [4.78, 5) is 14.4. The fourth-order valence-corrected chi connectivity index (χ4v) is 1.94. The Morgan fingerprint density at radius 3 is 2.78 bits per heavy atom. The number of anilines is 1. The highest BCUT2D eigenvalue weighted by molar-refractivity contribution is 9.10. The van der Waals surface area contributed by atoms with Crippen LogP contribution in [0.25, 0.3) is 0 Å². The van der Waals surface area contributed by atoms with E-state index in [9.17, 15) is 15.2 Å². The first kappa shape index (κ1) is 14.8. The molecule has 0 aliphatic heterocycles. The number of pyridine rings is 1. The zero-order valence-electron chi connectivity index (χ0n) is 10.3. The van der Waals surface area contributed by atoms with Crippen molar-refractivity contribution in [3.8, 4) is 0 Å². The fourth-order valence-electron chi connectivity index (χ4n) is 1.62. The fraction of sp³-hybridized carbons (Fsp3) is 0.545. The maximum absolute atomic E-state index is 10.9. The first-order chi connectivity index (χ1) is 8.43. The Morgan fingerprint density at radius 2 is 2.28 bits per heavy atom. The van der Waals surface area contributed by atoms with Gasteiger partial charge in [-0.15, -0.1) is 0 Å². The minimum atomic E-state index is -0.496. The van der Waals surface area contributed by atoms with Crippen LogP contribution < -0.4 is 5.32 Å². The summed E-state index contributed by atoms with van der Waals surface area (Å²) < 4.78 is 0.546. The van der Waals surface area contributed by atoms with Crippen LogP contribution in [0.15, 0.2) is 16.7 Å². The van der Waals surface area contributed by atoms with Gasteiger partial charge in [-0.25, -0.2) is 4.98 Å². The van der Waals surface area contributed by atoms with E-state index in [2.05, 4.69) is 26.2 Å². The predicted octanol–water partition coefficient (Wildman–Crippen LogP) is 2.57. The van der Waals surface area contributed by atoms with Crippen molar-refractivity contribution < 1.29 is 10.0 Å². The number of rotatable bonds is 6. The number of hydrogen-bond donors (Lipinski definition) is 2. The van der Waals surface area contributed by atoms with Crippen LogP contribution in [-0.4, -0.2) is 27.7 Å². The summed E-state index contributed by atoms with van der Waals surface area (Å²) in [6.45, 7) is 3.95. The first-order valence-electron chi connectivity index (χ1n) is 5.61. The molecular weight excluding hydrogens is 302 g/mol. The molecule has 7 heteroatoms. The summed E-state index contributed by atoms with van der Waals surface area (Å²) in [7, 11) is 0. The van der Waals surface area contributed by atoms with Crippen LogP contribution in [0.2, 0.25) is 0 Å². The molecule has 0 fully saturated rings. The van der Waals surface area contributed by atoms with Gasteiger partial charge in [0.2, 0.25) is 5.82 Å². The summed E-state index contributed by atoms with van der Waals surface area (Å²) in [5.74, 6) is 0.562. The lowest BCUT2D eigenvalue weighted by Crippen LogP contribution is -2.26. The molecule has 1 rings (SSSR count). The minimum Gasteiger partial charge on any atom is -0.394 e. The monoisotopic (exact) mass is 317 g/mol. The molecule has 100 valence electrons. The second kappa shape index (κ2) is 6.65. The Kier molecular flexibility index (Phi) is 5.49. The van der Waals surface area contributed by atoms with Gasteiger partial charge in [0.25, 0.3) is 0 Å². The quantitative estimate of drug-likeness (QED) is 0.622. The van der Waals surface area contributed by atoms with Crippen LogP contribution in [-0.2, 0) is 0 Å². The maximum Gasteiger partial charge on any atom is 0.312 e. The van der Waals surface area contributed by atoms with E-state index in [1.807, 2.05) is 13.8 Å². The molecule has 0 radical (unpaired) electrons. The highest BCUT2D eigenvalue weighted by atomic mass is 79.9. The molecular formula is C11H16BrN3O3. The molecule has 18 heavy (non-hydrogen) atoms. The average Bonchev–Trinajstić information content (AvgIpc) is 2.29. The smallest absolute Gasteiger partial charge is 0.312 e. The standard InChI is InChI=1S/C11H16BrN3O3/c1-7(2)3-9(6-16)14-11-10(15(17)18)4-8(12)5-13-11/h4-5,7,9,16H,3,6H2,1-2H3,(H,13,14). The van der Waals surface area contributed by atoms with Crippen molar-refractivity contribution in [1.82, 2.24) is 4.98 Å². The van der Waals surface area contributed by atoms with Crippen LogP contribution in [0.5, 0.6) is 0 Å². The number of aliphatic hydroxyl groups is 1. The molecule has 1 heterocycles. The summed E-state index contributed by atoms with van der Waals surface area (Å²) in [6.07, 6.45) is 2.20. The molecule has 0 amide bonds. The largest absolute Gasteiger partial charge is 0.394 e. The van der Waals surface area contributed by atoms with Gasteiger partial charge in [0.05, 0.1) is 17.6 Å². The zero-order chi connectivity index (χ0) is 13.7. The predicted molar refractivity (Wildman–Crippen MR) is 72.5 cm³/mol. The Bertz CT molecular complexity index is 426. The number of aromatic nitrogens is 1.